The lowest BCUT2D eigenvalue weighted by Gasteiger charge is -2.10. The second-order valence-electron chi connectivity index (χ2n) is 8.71. The Bertz CT molecular complexity index is 1830. The van der Waals surface area contributed by atoms with Crippen molar-refractivity contribution in [2.24, 2.45) is 0 Å². The van der Waals surface area contributed by atoms with Gasteiger partial charge in [-0.25, -0.2) is 0 Å². The molecule has 0 N–H and O–H groups in total. The molecule has 0 saturated carbocycles. The predicted molar refractivity (Wildman–Crippen MR) is 156 cm³/mol. The monoisotopic (exact) mass is 489 g/mol. The summed E-state index contributed by atoms with van der Waals surface area (Å²) in [5, 5.41) is 5.27. The SMILES string of the molecule is CCl.Cc1ccc2sc3c(-n4c5ccccc5c5cc(-c6ccccc6)ccc54)cccc3c2c1. The van der Waals surface area contributed by atoms with Crippen molar-refractivity contribution in [2.45, 2.75) is 6.92 Å². The van der Waals surface area contributed by atoms with Gasteiger partial charge < -0.3 is 4.57 Å². The molecule has 0 radical (unpaired) electrons. The molecule has 1 nitrogen and oxygen atoms in total. The fraction of sp³-hybridized carbons (Fsp3) is 0.0625. The zero-order valence-corrected chi connectivity index (χ0v) is 21.2. The molecule has 2 aromatic heterocycles. The van der Waals surface area contributed by atoms with E-state index < -0.39 is 0 Å². The number of alkyl halides is 1. The first-order valence-electron chi connectivity index (χ1n) is 11.7. The van der Waals surface area contributed by atoms with Crippen LogP contribution >= 0.6 is 22.9 Å². The van der Waals surface area contributed by atoms with Crippen LogP contribution in [-0.2, 0) is 0 Å². The number of thiophene rings is 1. The molecule has 2 heterocycles. The maximum Gasteiger partial charge on any atom is 0.0640 e. The highest BCUT2D eigenvalue weighted by molar-refractivity contribution is 7.26. The number of aryl methyl sites for hydroxylation is 1. The van der Waals surface area contributed by atoms with Crippen LogP contribution in [0.1, 0.15) is 5.56 Å². The van der Waals surface area contributed by atoms with Crippen LogP contribution in [-0.4, -0.2) is 11.0 Å². The molecule has 0 spiro atoms. The highest BCUT2D eigenvalue weighted by Gasteiger charge is 2.16. The molecule has 170 valence electrons. The van der Waals surface area contributed by atoms with E-state index in [2.05, 4.69) is 132 Å². The van der Waals surface area contributed by atoms with E-state index in [9.17, 15) is 0 Å². The summed E-state index contributed by atoms with van der Waals surface area (Å²) in [6.07, 6.45) is 1.47. The molecule has 0 atom stereocenters. The lowest BCUT2D eigenvalue weighted by atomic mass is 10.0. The van der Waals surface area contributed by atoms with Crippen LogP contribution in [0.25, 0.3) is 58.8 Å². The van der Waals surface area contributed by atoms with Crippen molar-refractivity contribution in [1.82, 2.24) is 4.57 Å². The van der Waals surface area contributed by atoms with Crippen LogP contribution < -0.4 is 0 Å². The summed E-state index contributed by atoms with van der Waals surface area (Å²) in [5.41, 5.74) is 7.55. The number of benzene rings is 5. The van der Waals surface area contributed by atoms with Crippen LogP contribution in [0.15, 0.2) is 109 Å². The predicted octanol–water partition coefficient (Wildman–Crippen LogP) is 9.98. The van der Waals surface area contributed by atoms with Gasteiger partial charge >= 0.3 is 0 Å². The fourth-order valence-corrected chi connectivity index (χ4v) is 6.30. The topological polar surface area (TPSA) is 4.93 Å². The van der Waals surface area contributed by atoms with Gasteiger partial charge in [-0.05, 0) is 54.4 Å². The minimum atomic E-state index is 1.25. The van der Waals surface area contributed by atoms with Crippen LogP contribution in [0.5, 0.6) is 0 Å². The van der Waals surface area contributed by atoms with E-state index in [4.69, 9.17) is 0 Å². The molecular formula is C32H24ClNS. The Hall–Kier alpha value is -3.59. The van der Waals surface area contributed by atoms with Crippen molar-refractivity contribution < 1.29 is 0 Å². The lowest BCUT2D eigenvalue weighted by molar-refractivity contribution is 1.20. The Morgan fingerprint density at radius 1 is 0.571 bits per heavy atom. The quantitative estimate of drug-likeness (QED) is 0.213. The van der Waals surface area contributed by atoms with E-state index in [-0.39, 0.29) is 0 Å². The Balaban J connectivity index is 0.00000112. The highest BCUT2D eigenvalue weighted by Crippen LogP contribution is 2.41. The molecule has 35 heavy (non-hydrogen) atoms. The fourth-order valence-electron chi connectivity index (χ4n) is 5.12. The standard InChI is InChI=1S/C31H21NS.CH3Cl/c1-20-14-17-30-26(18-20)24-11-7-13-29(31(24)33-30)32-27-12-6-5-10-23(27)25-19-22(15-16-28(25)32)21-8-3-2-4-9-21;1-2/h2-19H,1H3;1H3. The number of halogens is 1. The number of hydrogen-bond donors (Lipinski definition) is 0. The molecule has 0 unspecified atom stereocenters. The number of aromatic nitrogens is 1. The molecule has 0 fully saturated rings. The van der Waals surface area contributed by atoms with E-state index in [0.717, 1.165) is 0 Å². The van der Waals surface area contributed by atoms with Crippen LogP contribution in [0, 0.1) is 6.92 Å². The third-order valence-electron chi connectivity index (χ3n) is 6.65. The van der Waals surface area contributed by atoms with Crippen molar-refractivity contribution in [1.29, 1.82) is 0 Å². The minimum Gasteiger partial charge on any atom is -0.308 e. The van der Waals surface area contributed by atoms with Gasteiger partial charge in [-0.3, -0.25) is 0 Å². The molecule has 0 amide bonds. The summed E-state index contributed by atoms with van der Waals surface area (Å²) in [4.78, 5) is 0. The molecule has 3 heteroatoms. The number of rotatable bonds is 2. The molecule has 0 aliphatic carbocycles. The Labute approximate surface area is 213 Å². The van der Waals surface area contributed by atoms with Gasteiger partial charge in [-0.15, -0.1) is 22.9 Å². The molecule has 0 aliphatic rings. The van der Waals surface area contributed by atoms with Crippen molar-refractivity contribution in [3.05, 3.63) is 115 Å². The van der Waals surface area contributed by atoms with Crippen LogP contribution in [0.4, 0.5) is 0 Å². The molecule has 7 aromatic rings. The van der Waals surface area contributed by atoms with E-state index in [1.807, 2.05) is 11.3 Å². The Morgan fingerprint density at radius 3 is 2.17 bits per heavy atom. The van der Waals surface area contributed by atoms with E-state index in [1.54, 1.807) is 0 Å². The maximum absolute atomic E-state index is 4.64. The second-order valence-corrected chi connectivity index (χ2v) is 9.76. The third-order valence-corrected chi connectivity index (χ3v) is 7.86. The number of para-hydroxylation sites is 1. The number of hydrogen-bond acceptors (Lipinski definition) is 1. The zero-order valence-electron chi connectivity index (χ0n) is 19.6. The summed E-state index contributed by atoms with van der Waals surface area (Å²) in [5.74, 6) is 0. The van der Waals surface area contributed by atoms with Gasteiger partial charge in [-0.2, -0.15) is 0 Å². The summed E-state index contributed by atoms with van der Waals surface area (Å²) < 4.78 is 5.13. The van der Waals surface area contributed by atoms with Gasteiger partial charge in [0.05, 0.1) is 21.4 Å². The van der Waals surface area contributed by atoms with Crippen LogP contribution in [0.3, 0.4) is 0 Å². The van der Waals surface area contributed by atoms with Crippen molar-refractivity contribution >= 4 is 64.9 Å². The van der Waals surface area contributed by atoms with E-state index in [1.165, 1.54) is 70.7 Å². The maximum atomic E-state index is 4.64. The first-order chi connectivity index (χ1) is 17.3. The number of fused-ring (bicyclic) bond motifs is 6. The van der Waals surface area contributed by atoms with Gasteiger partial charge in [0.2, 0.25) is 0 Å². The Kier molecular flexibility index (Phi) is 5.56. The van der Waals surface area contributed by atoms with E-state index >= 15 is 0 Å². The van der Waals surface area contributed by atoms with Gasteiger partial charge in [0.25, 0.3) is 0 Å². The Morgan fingerprint density at radius 2 is 1.31 bits per heavy atom. The van der Waals surface area contributed by atoms with Crippen LogP contribution in [0.2, 0.25) is 0 Å². The normalized spacial score (nSPS) is 11.3. The minimum absolute atomic E-state index is 1.25. The van der Waals surface area contributed by atoms with Gasteiger partial charge in [0, 0.05) is 32.6 Å². The van der Waals surface area contributed by atoms with Crippen molar-refractivity contribution in [3.63, 3.8) is 0 Å². The van der Waals surface area contributed by atoms with Gasteiger partial charge in [0.1, 0.15) is 0 Å². The summed E-state index contributed by atoms with van der Waals surface area (Å²) in [7, 11) is 0. The molecule has 0 bridgehead atoms. The first kappa shape index (κ1) is 21.9. The van der Waals surface area contributed by atoms with Crippen molar-refractivity contribution in [3.8, 4) is 16.8 Å². The van der Waals surface area contributed by atoms with Crippen molar-refractivity contribution in [2.75, 3.05) is 6.38 Å². The average molecular weight is 490 g/mol. The third kappa shape index (κ3) is 3.53. The summed E-state index contributed by atoms with van der Waals surface area (Å²) in [6, 6.07) is 39.8. The smallest absolute Gasteiger partial charge is 0.0640 e. The molecule has 5 aromatic carbocycles. The summed E-state index contributed by atoms with van der Waals surface area (Å²) >= 11 is 6.53. The summed E-state index contributed by atoms with van der Waals surface area (Å²) in [6.45, 7) is 2.17. The molecule has 0 saturated heterocycles. The lowest BCUT2D eigenvalue weighted by Crippen LogP contribution is -1.93. The average Bonchev–Trinajstić information content (AvgIpc) is 3.45. The van der Waals surface area contributed by atoms with Gasteiger partial charge in [-0.1, -0.05) is 78.4 Å². The highest BCUT2D eigenvalue weighted by atomic mass is 35.5. The van der Waals surface area contributed by atoms with E-state index in [0.29, 0.717) is 0 Å². The van der Waals surface area contributed by atoms with Gasteiger partial charge in [0.15, 0.2) is 0 Å². The molecule has 7 rings (SSSR count). The molecular weight excluding hydrogens is 466 g/mol. The second kappa shape index (κ2) is 8.88. The molecule has 0 aliphatic heterocycles. The number of nitrogens with zero attached hydrogens (tertiary/aromatic N) is 1. The zero-order chi connectivity index (χ0) is 23.9. The largest absolute Gasteiger partial charge is 0.308 e. The first-order valence-corrected chi connectivity index (χ1v) is 13.2.